The van der Waals surface area contributed by atoms with Gasteiger partial charge in [-0.05, 0) is 24.4 Å². The fraction of sp³-hybridized carbons (Fsp3) is 0.118. The third-order valence-corrected chi connectivity index (χ3v) is 4.33. The number of hydrogen-bond donors (Lipinski definition) is 1. The first-order valence-corrected chi connectivity index (χ1v) is 8.65. The number of rotatable bonds is 3. The summed E-state index contributed by atoms with van der Waals surface area (Å²) >= 11 is 11.5. The summed E-state index contributed by atoms with van der Waals surface area (Å²) in [5.74, 6) is 3.19. The van der Waals surface area contributed by atoms with E-state index in [9.17, 15) is 0 Å². The highest BCUT2D eigenvalue weighted by Crippen LogP contribution is 2.25. The predicted octanol–water partition coefficient (Wildman–Crippen LogP) is 4.96. The SMILES string of the molecule is C=S.Cc1ccc(-c2csc(Cc3cnc(N)c(Cl)c3)n2)cc1. The summed E-state index contributed by atoms with van der Waals surface area (Å²) in [6.45, 7) is 2.08. The highest BCUT2D eigenvalue weighted by atomic mass is 35.5. The summed E-state index contributed by atoms with van der Waals surface area (Å²) in [5, 5.41) is 3.60. The van der Waals surface area contributed by atoms with Gasteiger partial charge in [0.25, 0.3) is 0 Å². The number of nitrogens with zero attached hydrogens (tertiary/aromatic N) is 2. The maximum Gasteiger partial charge on any atom is 0.142 e. The maximum atomic E-state index is 5.99. The number of nitrogens with two attached hydrogens (primary N) is 1. The largest absolute Gasteiger partial charge is 0.382 e. The van der Waals surface area contributed by atoms with E-state index >= 15 is 0 Å². The minimum Gasteiger partial charge on any atom is -0.382 e. The van der Waals surface area contributed by atoms with Gasteiger partial charge < -0.3 is 5.73 Å². The van der Waals surface area contributed by atoms with Crippen LogP contribution in [0, 0.1) is 6.92 Å². The standard InChI is InChI=1S/C16H14ClN3S.CH2S/c1-10-2-4-12(5-3-10)14-9-21-15(20-14)7-11-6-13(17)16(18)19-8-11;1-2/h2-6,8-9H,7H2,1H3,(H2,18,19);1H2. The zero-order valence-corrected chi connectivity index (χ0v) is 15.0. The Morgan fingerprint density at radius 3 is 2.61 bits per heavy atom. The number of aromatic nitrogens is 2. The van der Waals surface area contributed by atoms with Crippen molar-refractivity contribution < 1.29 is 0 Å². The molecule has 1 aromatic carbocycles. The number of thiocarbonyl (C=S) groups is 1. The third-order valence-electron chi connectivity index (χ3n) is 3.18. The molecule has 3 nitrogen and oxygen atoms in total. The number of benzene rings is 1. The molecule has 3 aromatic rings. The zero-order chi connectivity index (χ0) is 16.8. The second kappa shape index (κ2) is 8.15. The van der Waals surface area contributed by atoms with Crippen LogP contribution in [0.5, 0.6) is 0 Å². The molecule has 2 heterocycles. The second-order valence-electron chi connectivity index (χ2n) is 4.88. The lowest BCUT2D eigenvalue weighted by molar-refractivity contribution is 1.11. The first-order chi connectivity index (χ1) is 11.1. The molecular formula is C17H16ClN3S2. The van der Waals surface area contributed by atoms with Crippen molar-refractivity contribution in [2.45, 2.75) is 13.3 Å². The fourth-order valence-electron chi connectivity index (χ4n) is 2.01. The second-order valence-corrected chi connectivity index (χ2v) is 6.23. The van der Waals surface area contributed by atoms with Gasteiger partial charge in [-0.3, -0.25) is 0 Å². The van der Waals surface area contributed by atoms with Crippen molar-refractivity contribution in [2.75, 3.05) is 5.73 Å². The molecule has 23 heavy (non-hydrogen) atoms. The Morgan fingerprint density at radius 1 is 1.26 bits per heavy atom. The van der Waals surface area contributed by atoms with Crippen LogP contribution < -0.4 is 5.73 Å². The van der Waals surface area contributed by atoms with E-state index in [-0.39, 0.29) is 0 Å². The monoisotopic (exact) mass is 361 g/mol. The lowest BCUT2D eigenvalue weighted by Gasteiger charge is -2.01. The van der Waals surface area contributed by atoms with Crippen molar-refractivity contribution in [2.24, 2.45) is 0 Å². The highest BCUT2D eigenvalue weighted by molar-refractivity contribution is 7.77. The van der Waals surface area contributed by atoms with E-state index in [0.29, 0.717) is 17.3 Å². The lowest BCUT2D eigenvalue weighted by Crippen LogP contribution is -1.94. The van der Waals surface area contributed by atoms with Crippen LogP contribution in [0.3, 0.4) is 0 Å². The number of thiazole rings is 1. The molecule has 0 saturated heterocycles. The van der Waals surface area contributed by atoms with Crippen molar-refractivity contribution in [1.29, 1.82) is 0 Å². The van der Waals surface area contributed by atoms with Gasteiger partial charge in [-0.25, -0.2) is 9.97 Å². The van der Waals surface area contributed by atoms with E-state index in [2.05, 4.69) is 64.6 Å². The molecule has 2 N–H and O–H groups in total. The van der Waals surface area contributed by atoms with E-state index in [1.54, 1.807) is 17.5 Å². The molecule has 0 amide bonds. The molecule has 0 aliphatic carbocycles. The maximum absolute atomic E-state index is 5.99. The molecule has 6 heteroatoms. The van der Waals surface area contributed by atoms with Gasteiger partial charge in [0.05, 0.1) is 15.7 Å². The van der Waals surface area contributed by atoms with Gasteiger partial charge in [-0.1, -0.05) is 53.6 Å². The summed E-state index contributed by atoms with van der Waals surface area (Å²) in [7, 11) is 0. The molecule has 3 rings (SSSR count). The van der Waals surface area contributed by atoms with Crippen LogP contribution in [0.1, 0.15) is 16.1 Å². The van der Waals surface area contributed by atoms with Crippen LogP contribution in [-0.2, 0) is 6.42 Å². The number of anilines is 1. The van der Waals surface area contributed by atoms with Crippen LogP contribution in [0.15, 0.2) is 41.9 Å². The molecule has 0 radical (unpaired) electrons. The van der Waals surface area contributed by atoms with Crippen LogP contribution in [-0.4, -0.2) is 15.8 Å². The lowest BCUT2D eigenvalue weighted by atomic mass is 10.1. The predicted molar refractivity (Wildman–Crippen MR) is 103 cm³/mol. The molecule has 0 aliphatic heterocycles. The van der Waals surface area contributed by atoms with Crippen LogP contribution in [0.25, 0.3) is 11.3 Å². The number of hydrogen-bond acceptors (Lipinski definition) is 5. The number of nitrogen functional groups attached to an aromatic ring is 1. The highest BCUT2D eigenvalue weighted by Gasteiger charge is 2.07. The Morgan fingerprint density at radius 2 is 1.96 bits per heavy atom. The van der Waals surface area contributed by atoms with Crippen molar-refractivity contribution in [3.8, 4) is 11.3 Å². The van der Waals surface area contributed by atoms with Crippen LogP contribution in [0.4, 0.5) is 5.82 Å². The van der Waals surface area contributed by atoms with E-state index < -0.39 is 0 Å². The Kier molecular flexibility index (Phi) is 6.21. The number of halogens is 1. The van der Waals surface area contributed by atoms with Gasteiger partial charge in [0, 0.05) is 23.6 Å². The molecule has 0 fully saturated rings. The van der Waals surface area contributed by atoms with Crippen LogP contribution >= 0.6 is 35.2 Å². The summed E-state index contributed by atoms with van der Waals surface area (Å²) in [5.41, 5.74) is 10.0. The molecule has 0 atom stereocenters. The normalized spacial score (nSPS) is 10.0. The Hall–Kier alpha value is -1.82. The summed E-state index contributed by atoms with van der Waals surface area (Å²) in [6, 6.07) is 10.2. The molecule has 2 aromatic heterocycles. The van der Waals surface area contributed by atoms with Crippen molar-refractivity contribution in [1.82, 2.24) is 9.97 Å². The third kappa shape index (κ3) is 4.58. The summed E-state index contributed by atoms with van der Waals surface area (Å²) in [4.78, 5) is 8.75. The Balaban J connectivity index is 0.000000924. The molecule has 0 bridgehead atoms. The van der Waals surface area contributed by atoms with Gasteiger partial charge in [-0.15, -0.1) is 11.3 Å². The average molecular weight is 362 g/mol. The van der Waals surface area contributed by atoms with Crippen molar-refractivity contribution in [3.63, 3.8) is 0 Å². The zero-order valence-electron chi connectivity index (χ0n) is 12.6. The van der Waals surface area contributed by atoms with E-state index in [4.69, 9.17) is 17.3 Å². The molecular weight excluding hydrogens is 346 g/mol. The first-order valence-electron chi connectivity index (χ1n) is 6.82. The smallest absolute Gasteiger partial charge is 0.142 e. The minimum absolute atomic E-state index is 0.361. The first kappa shape index (κ1) is 17.5. The summed E-state index contributed by atoms with van der Waals surface area (Å²) < 4.78 is 0. The Labute approximate surface area is 150 Å². The van der Waals surface area contributed by atoms with E-state index in [1.165, 1.54) is 5.56 Å². The van der Waals surface area contributed by atoms with Gasteiger partial charge in [0.15, 0.2) is 0 Å². The molecule has 0 saturated carbocycles. The van der Waals surface area contributed by atoms with Crippen LogP contribution in [0.2, 0.25) is 5.02 Å². The average Bonchev–Trinajstić information content (AvgIpc) is 3.02. The molecule has 0 unspecified atom stereocenters. The van der Waals surface area contributed by atoms with Crippen molar-refractivity contribution >= 4 is 46.8 Å². The van der Waals surface area contributed by atoms with Gasteiger partial charge in [-0.2, -0.15) is 0 Å². The molecule has 0 aliphatic rings. The molecule has 0 spiro atoms. The topological polar surface area (TPSA) is 51.8 Å². The minimum atomic E-state index is 0.361. The fourth-order valence-corrected chi connectivity index (χ4v) is 3.03. The number of aryl methyl sites for hydroxylation is 1. The van der Waals surface area contributed by atoms with Crippen molar-refractivity contribution in [3.05, 3.63) is 63.1 Å². The molecule has 118 valence electrons. The van der Waals surface area contributed by atoms with E-state index in [1.807, 2.05) is 6.07 Å². The Bertz CT molecular complexity index is 785. The van der Waals surface area contributed by atoms with E-state index in [0.717, 1.165) is 21.8 Å². The van der Waals surface area contributed by atoms with Gasteiger partial charge in [0.1, 0.15) is 5.82 Å². The van der Waals surface area contributed by atoms with Gasteiger partial charge >= 0.3 is 0 Å². The quantitative estimate of drug-likeness (QED) is 0.670. The summed E-state index contributed by atoms with van der Waals surface area (Å²) in [6.07, 6.45) is 2.46. The van der Waals surface area contributed by atoms with Gasteiger partial charge in [0.2, 0.25) is 0 Å². The number of pyridine rings is 1.